The van der Waals surface area contributed by atoms with Gasteiger partial charge in [0.1, 0.15) is 5.75 Å². The third kappa shape index (κ3) is 3.31. The Hall–Kier alpha value is -2.57. The predicted molar refractivity (Wildman–Crippen MR) is 90.4 cm³/mol. The molecule has 2 aliphatic heterocycles. The van der Waals surface area contributed by atoms with Crippen LogP contribution >= 0.6 is 0 Å². The SMILES string of the molecule is Cc1noc(C2CCN(C(=O)NC3CCOc4ccccc43)CC2)n1. The number of fused-ring (bicyclic) bond motifs is 1. The van der Waals surface area contributed by atoms with Gasteiger partial charge in [-0.05, 0) is 25.8 Å². The van der Waals surface area contributed by atoms with Crippen molar-refractivity contribution in [1.29, 1.82) is 0 Å². The molecule has 132 valence electrons. The molecule has 7 heteroatoms. The molecule has 2 amide bonds. The second-order valence-electron chi connectivity index (χ2n) is 6.62. The Morgan fingerprint density at radius 1 is 1.24 bits per heavy atom. The zero-order chi connectivity index (χ0) is 17.2. The van der Waals surface area contributed by atoms with Gasteiger partial charge in [-0.25, -0.2) is 4.79 Å². The van der Waals surface area contributed by atoms with Crippen molar-refractivity contribution in [2.24, 2.45) is 0 Å². The summed E-state index contributed by atoms with van der Waals surface area (Å²) in [5, 5.41) is 7.01. The summed E-state index contributed by atoms with van der Waals surface area (Å²) in [6.07, 6.45) is 2.49. The minimum atomic E-state index is -0.0122. The van der Waals surface area contributed by atoms with Crippen molar-refractivity contribution in [3.8, 4) is 5.75 Å². The van der Waals surface area contributed by atoms with Gasteiger partial charge in [-0.2, -0.15) is 4.98 Å². The molecule has 3 heterocycles. The van der Waals surface area contributed by atoms with E-state index in [1.165, 1.54) is 0 Å². The molecule has 1 saturated heterocycles. The number of amides is 2. The molecule has 7 nitrogen and oxygen atoms in total. The average Bonchev–Trinajstić information content (AvgIpc) is 3.08. The van der Waals surface area contributed by atoms with E-state index >= 15 is 0 Å². The molecule has 0 saturated carbocycles. The molecule has 0 radical (unpaired) electrons. The van der Waals surface area contributed by atoms with E-state index in [0.717, 1.165) is 30.6 Å². The molecule has 0 aliphatic carbocycles. The Morgan fingerprint density at radius 3 is 2.80 bits per heavy atom. The highest BCUT2D eigenvalue weighted by Gasteiger charge is 2.29. The molecule has 0 bridgehead atoms. The first-order valence-corrected chi connectivity index (χ1v) is 8.78. The molecule has 25 heavy (non-hydrogen) atoms. The first-order chi connectivity index (χ1) is 12.2. The third-order valence-electron chi connectivity index (χ3n) is 4.93. The van der Waals surface area contributed by atoms with Gasteiger partial charge < -0.3 is 19.5 Å². The van der Waals surface area contributed by atoms with Crippen molar-refractivity contribution in [1.82, 2.24) is 20.4 Å². The maximum Gasteiger partial charge on any atom is 0.317 e. The van der Waals surface area contributed by atoms with Crippen LogP contribution in [0.4, 0.5) is 4.79 Å². The molecule has 1 aromatic heterocycles. The monoisotopic (exact) mass is 342 g/mol. The first kappa shape index (κ1) is 15.9. The number of likely N-dealkylation sites (tertiary alicyclic amines) is 1. The highest BCUT2D eigenvalue weighted by molar-refractivity contribution is 5.75. The van der Waals surface area contributed by atoms with Gasteiger partial charge in [0.15, 0.2) is 5.82 Å². The Kier molecular flexibility index (Phi) is 4.29. The summed E-state index contributed by atoms with van der Waals surface area (Å²) < 4.78 is 10.9. The van der Waals surface area contributed by atoms with Crippen molar-refractivity contribution >= 4 is 6.03 Å². The fraction of sp³-hybridized carbons (Fsp3) is 0.500. The van der Waals surface area contributed by atoms with Crippen LogP contribution < -0.4 is 10.1 Å². The minimum absolute atomic E-state index is 0.00811. The van der Waals surface area contributed by atoms with Crippen LogP contribution in [-0.4, -0.2) is 40.8 Å². The predicted octanol–water partition coefficient (Wildman–Crippen LogP) is 2.79. The molecule has 2 aliphatic rings. The molecular formula is C18H22N4O3. The summed E-state index contributed by atoms with van der Waals surface area (Å²) in [6, 6.07) is 7.89. The zero-order valence-electron chi connectivity index (χ0n) is 14.3. The van der Waals surface area contributed by atoms with Gasteiger partial charge in [-0.1, -0.05) is 23.4 Å². The maximum absolute atomic E-state index is 12.6. The lowest BCUT2D eigenvalue weighted by Crippen LogP contribution is -2.46. The van der Waals surface area contributed by atoms with Crippen molar-refractivity contribution in [3.63, 3.8) is 0 Å². The fourth-order valence-corrected chi connectivity index (χ4v) is 3.54. The van der Waals surface area contributed by atoms with E-state index in [2.05, 4.69) is 15.5 Å². The lowest BCUT2D eigenvalue weighted by Gasteiger charge is -2.33. The Labute approximate surface area is 146 Å². The number of benzene rings is 1. The number of ether oxygens (including phenoxy) is 1. The lowest BCUT2D eigenvalue weighted by atomic mass is 9.97. The molecule has 1 aromatic carbocycles. The van der Waals surface area contributed by atoms with E-state index in [1.54, 1.807) is 0 Å². The van der Waals surface area contributed by atoms with E-state index < -0.39 is 0 Å². The maximum atomic E-state index is 12.6. The van der Waals surface area contributed by atoms with E-state index in [-0.39, 0.29) is 18.0 Å². The summed E-state index contributed by atoms with van der Waals surface area (Å²) in [6.45, 7) is 3.84. The van der Waals surface area contributed by atoms with Crippen LogP contribution in [0.15, 0.2) is 28.8 Å². The van der Waals surface area contributed by atoms with Crippen molar-refractivity contribution in [3.05, 3.63) is 41.5 Å². The van der Waals surface area contributed by atoms with E-state index in [0.29, 0.717) is 31.4 Å². The zero-order valence-corrected chi connectivity index (χ0v) is 14.3. The number of aryl methyl sites for hydroxylation is 1. The van der Waals surface area contributed by atoms with Gasteiger partial charge in [-0.3, -0.25) is 0 Å². The first-order valence-electron chi connectivity index (χ1n) is 8.78. The van der Waals surface area contributed by atoms with Gasteiger partial charge in [0.25, 0.3) is 0 Å². The normalized spacial score (nSPS) is 20.7. The van der Waals surface area contributed by atoms with Crippen LogP contribution in [0.25, 0.3) is 0 Å². The molecular weight excluding hydrogens is 320 g/mol. The van der Waals surface area contributed by atoms with E-state index in [1.807, 2.05) is 36.1 Å². The smallest absolute Gasteiger partial charge is 0.317 e. The number of piperidine rings is 1. The number of para-hydroxylation sites is 1. The van der Waals surface area contributed by atoms with E-state index in [4.69, 9.17) is 9.26 Å². The molecule has 2 aromatic rings. The molecule has 1 N–H and O–H groups in total. The summed E-state index contributed by atoms with van der Waals surface area (Å²) in [7, 11) is 0. The van der Waals surface area contributed by atoms with E-state index in [9.17, 15) is 4.79 Å². The molecule has 1 unspecified atom stereocenters. The Balaban J connectivity index is 1.35. The van der Waals surface area contributed by atoms with Gasteiger partial charge >= 0.3 is 6.03 Å². The van der Waals surface area contributed by atoms with Crippen LogP contribution in [-0.2, 0) is 0 Å². The van der Waals surface area contributed by atoms with Crippen molar-refractivity contribution in [2.45, 2.75) is 38.1 Å². The highest BCUT2D eigenvalue weighted by atomic mass is 16.5. The van der Waals surface area contributed by atoms with Crippen LogP contribution in [0.2, 0.25) is 0 Å². The third-order valence-corrected chi connectivity index (χ3v) is 4.93. The summed E-state index contributed by atoms with van der Waals surface area (Å²) in [5.41, 5.74) is 1.05. The number of hydrogen-bond acceptors (Lipinski definition) is 5. The molecule has 0 spiro atoms. The number of nitrogens with one attached hydrogen (secondary N) is 1. The summed E-state index contributed by atoms with van der Waals surface area (Å²) >= 11 is 0. The number of carbonyl (C=O) groups is 1. The van der Waals surface area contributed by atoms with Gasteiger partial charge in [0, 0.05) is 31.0 Å². The van der Waals surface area contributed by atoms with Crippen molar-refractivity contribution in [2.75, 3.05) is 19.7 Å². The summed E-state index contributed by atoms with van der Waals surface area (Å²) in [4.78, 5) is 18.8. The molecule has 4 rings (SSSR count). The van der Waals surface area contributed by atoms with Crippen LogP contribution in [0.1, 0.15) is 48.5 Å². The van der Waals surface area contributed by atoms with Gasteiger partial charge in [0.05, 0.1) is 12.6 Å². The second-order valence-corrected chi connectivity index (χ2v) is 6.62. The van der Waals surface area contributed by atoms with Gasteiger partial charge in [-0.15, -0.1) is 0 Å². The number of rotatable bonds is 2. The lowest BCUT2D eigenvalue weighted by molar-refractivity contribution is 0.167. The van der Waals surface area contributed by atoms with Crippen LogP contribution in [0.3, 0.4) is 0 Å². The molecule has 1 fully saturated rings. The quantitative estimate of drug-likeness (QED) is 0.908. The molecule has 1 atom stereocenters. The number of urea groups is 1. The Morgan fingerprint density at radius 2 is 2.04 bits per heavy atom. The number of hydrogen-bond donors (Lipinski definition) is 1. The minimum Gasteiger partial charge on any atom is -0.493 e. The summed E-state index contributed by atoms with van der Waals surface area (Å²) in [5.74, 6) is 2.46. The average molecular weight is 342 g/mol. The van der Waals surface area contributed by atoms with Gasteiger partial charge in [0.2, 0.25) is 5.89 Å². The number of carbonyl (C=O) groups excluding carboxylic acids is 1. The fourth-order valence-electron chi connectivity index (χ4n) is 3.54. The highest BCUT2D eigenvalue weighted by Crippen LogP contribution is 2.32. The van der Waals surface area contributed by atoms with Crippen LogP contribution in [0, 0.1) is 6.92 Å². The number of aromatic nitrogens is 2. The number of nitrogens with zero attached hydrogens (tertiary/aromatic N) is 3. The topological polar surface area (TPSA) is 80.5 Å². The Bertz CT molecular complexity index is 752. The standard InChI is InChI=1S/C18H22N4O3/c1-12-19-17(25-21-12)13-6-9-22(10-7-13)18(23)20-15-8-11-24-16-5-3-2-4-14(15)16/h2-5,13,15H,6-11H2,1H3,(H,20,23). The van der Waals surface area contributed by atoms with Crippen LogP contribution in [0.5, 0.6) is 5.75 Å². The van der Waals surface area contributed by atoms with Crippen molar-refractivity contribution < 1.29 is 14.1 Å². The second kappa shape index (κ2) is 6.74. The largest absolute Gasteiger partial charge is 0.493 e.